The highest BCUT2D eigenvalue weighted by Gasteiger charge is 2.46. The molecule has 1 fully saturated rings. The van der Waals surface area contributed by atoms with Gasteiger partial charge in [0.15, 0.2) is 0 Å². The summed E-state index contributed by atoms with van der Waals surface area (Å²) in [6, 6.07) is 3.83. The second kappa shape index (κ2) is 4.75. The van der Waals surface area contributed by atoms with Gasteiger partial charge in [0.1, 0.15) is 5.75 Å². The van der Waals surface area contributed by atoms with Crippen LogP contribution in [0.2, 0.25) is 5.02 Å². The van der Waals surface area contributed by atoms with E-state index in [2.05, 4.69) is 18.8 Å². The summed E-state index contributed by atoms with van der Waals surface area (Å²) in [5.41, 5.74) is 1.77. The fourth-order valence-corrected chi connectivity index (χ4v) is 2.49. The summed E-state index contributed by atoms with van der Waals surface area (Å²) in [7, 11) is 1.60. The van der Waals surface area contributed by atoms with Gasteiger partial charge in [-0.15, -0.1) is 0 Å². The molecule has 3 nitrogen and oxygen atoms in total. The number of rotatable bonds is 4. The third kappa shape index (κ3) is 2.16. The van der Waals surface area contributed by atoms with E-state index < -0.39 is 5.54 Å². The summed E-state index contributed by atoms with van der Waals surface area (Å²) in [5.74, 6) is 0.987. The quantitative estimate of drug-likeness (QED) is 0.614. The van der Waals surface area contributed by atoms with E-state index in [1.54, 1.807) is 13.2 Å². The molecule has 0 aromatic heterocycles. The number of benzene rings is 1. The molecule has 1 aliphatic rings. The topological polar surface area (TPSA) is 38.7 Å². The van der Waals surface area contributed by atoms with Crippen LogP contribution in [-0.2, 0) is 10.3 Å². The molecule has 1 saturated carbocycles. The van der Waals surface area contributed by atoms with Crippen molar-refractivity contribution in [3.05, 3.63) is 28.3 Å². The van der Waals surface area contributed by atoms with Crippen molar-refractivity contribution in [2.45, 2.75) is 38.1 Å². The lowest BCUT2D eigenvalue weighted by molar-refractivity contribution is 0.413. The predicted octanol–water partition coefficient (Wildman–Crippen LogP) is 3.80. The molecule has 18 heavy (non-hydrogen) atoms. The summed E-state index contributed by atoms with van der Waals surface area (Å²) in [5, 5.41) is 0.560. The maximum Gasteiger partial charge on any atom is 0.235 e. The van der Waals surface area contributed by atoms with Crippen molar-refractivity contribution in [1.29, 1.82) is 0 Å². The Morgan fingerprint density at radius 3 is 2.56 bits per heavy atom. The maximum absolute atomic E-state index is 10.6. The third-order valence-corrected chi connectivity index (χ3v) is 3.73. The minimum absolute atomic E-state index is 0.325. The Bertz CT molecular complexity index is 515. The minimum Gasteiger partial charge on any atom is -0.495 e. The van der Waals surface area contributed by atoms with Crippen molar-refractivity contribution in [3.8, 4) is 5.75 Å². The molecule has 0 radical (unpaired) electrons. The number of nitrogens with zero attached hydrogens (tertiary/aromatic N) is 1. The van der Waals surface area contributed by atoms with Gasteiger partial charge >= 0.3 is 0 Å². The van der Waals surface area contributed by atoms with E-state index >= 15 is 0 Å². The number of isocyanates is 1. The van der Waals surface area contributed by atoms with Crippen molar-refractivity contribution < 1.29 is 9.53 Å². The lowest BCUT2D eigenvalue weighted by Crippen LogP contribution is -2.08. The number of ether oxygens (including phenoxy) is 1. The Hall–Kier alpha value is -1.31. The van der Waals surface area contributed by atoms with Gasteiger partial charge < -0.3 is 4.74 Å². The van der Waals surface area contributed by atoms with Crippen LogP contribution in [0.1, 0.15) is 43.7 Å². The van der Waals surface area contributed by atoms with Gasteiger partial charge in [-0.1, -0.05) is 25.4 Å². The van der Waals surface area contributed by atoms with Crippen LogP contribution in [0.5, 0.6) is 5.75 Å². The first-order valence-corrected chi connectivity index (χ1v) is 6.39. The molecule has 0 amide bonds. The van der Waals surface area contributed by atoms with Crippen molar-refractivity contribution in [2.24, 2.45) is 4.99 Å². The van der Waals surface area contributed by atoms with E-state index in [0.717, 1.165) is 24.0 Å². The van der Waals surface area contributed by atoms with Gasteiger partial charge in [0.25, 0.3) is 0 Å². The number of carbonyl (C=O) groups excluding carboxylic acids is 1. The normalized spacial score (nSPS) is 16.3. The van der Waals surface area contributed by atoms with Crippen LogP contribution in [0.4, 0.5) is 0 Å². The van der Waals surface area contributed by atoms with Crippen LogP contribution in [0.3, 0.4) is 0 Å². The summed E-state index contributed by atoms with van der Waals surface area (Å²) in [6.45, 7) is 4.21. The second-order valence-corrected chi connectivity index (χ2v) is 5.37. The van der Waals surface area contributed by atoms with Crippen LogP contribution in [-0.4, -0.2) is 13.2 Å². The van der Waals surface area contributed by atoms with Crippen molar-refractivity contribution in [1.82, 2.24) is 0 Å². The average Bonchev–Trinajstić information content (AvgIpc) is 3.09. The van der Waals surface area contributed by atoms with Gasteiger partial charge in [0.2, 0.25) is 6.08 Å². The van der Waals surface area contributed by atoms with Crippen molar-refractivity contribution in [3.63, 3.8) is 0 Å². The molecule has 0 spiro atoms. The van der Waals surface area contributed by atoms with E-state index in [1.807, 2.05) is 12.1 Å². The molecule has 0 atom stereocenters. The zero-order valence-electron chi connectivity index (χ0n) is 10.8. The van der Waals surface area contributed by atoms with E-state index in [-0.39, 0.29) is 0 Å². The van der Waals surface area contributed by atoms with Gasteiger partial charge in [-0.2, -0.15) is 4.99 Å². The second-order valence-electron chi connectivity index (χ2n) is 4.96. The molecule has 0 aliphatic heterocycles. The third-order valence-electron chi connectivity index (χ3n) is 3.43. The first kappa shape index (κ1) is 13.1. The Balaban J connectivity index is 2.59. The zero-order valence-corrected chi connectivity index (χ0v) is 11.5. The van der Waals surface area contributed by atoms with Gasteiger partial charge in [-0.3, -0.25) is 0 Å². The Morgan fingerprint density at radius 2 is 2.11 bits per heavy atom. The highest BCUT2D eigenvalue weighted by molar-refractivity contribution is 6.32. The van der Waals surface area contributed by atoms with Gasteiger partial charge in [0, 0.05) is 0 Å². The fourth-order valence-electron chi connectivity index (χ4n) is 2.25. The van der Waals surface area contributed by atoms with Crippen LogP contribution in [0.25, 0.3) is 0 Å². The van der Waals surface area contributed by atoms with Gasteiger partial charge in [-0.05, 0) is 42.0 Å². The molecule has 1 aliphatic carbocycles. The van der Waals surface area contributed by atoms with Crippen molar-refractivity contribution in [2.75, 3.05) is 7.11 Å². The van der Waals surface area contributed by atoms with Crippen LogP contribution >= 0.6 is 11.6 Å². The molecule has 0 unspecified atom stereocenters. The molecular formula is C14H16ClNO2. The largest absolute Gasteiger partial charge is 0.495 e. The average molecular weight is 266 g/mol. The van der Waals surface area contributed by atoms with E-state index in [0.29, 0.717) is 16.7 Å². The smallest absolute Gasteiger partial charge is 0.235 e. The predicted molar refractivity (Wildman–Crippen MR) is 71.1 cm³/mol. The number of halogens is 1. The molecule has 0 N–H and O–H groups in total. The van der Waals surface area contributed by atoms with E-state index in [9.17, 15) is 4.79 Å². The SMILES string of the molecule is COc1cc(C(C)C)c(C2(N=C=O)CC2)cc1Cl. The summed E-state index contributed by atoms with van der Waals surface area (Å²) in [6.07, 6.45) is 3.44. The van der Waals surface area contributed by atoms with Crippen LogP contribution in [0.15, 0.2) is 17.1 Å². The highest BCUT2D eigenvalue weighted by Crippen LogP contribution is 2.52. The van der Waals surface area contributed by atoms with Crippen LogP contribution < -0.4 is 4.74 Å². The summed E-state index contributed by atoms with van der Waals surface area (Å²) >= 11 is 6.17. The summed E-state index contributed by atoms with van der Waals surface area (Å²) in [4.78, 5) is 14.5. The number of aliphatic imine (C=N–C) groups is 1. The molecular weight excluding hydrogens is 250 g/mol. The molecule has 96 valence electrons. The summed E-state index contributed by atoms with van der Waals surface area (Å²) < 4.78 is 5.24. The lowest BCUT2D eigenvalue weighted by Gasteiger charge is -2.19. The van der Waals surface area contributed by atoms with E-state index in [4.69, 9.17) is 16.3 Å². The van der Waals surface area contributed by atoms with Gasteiger partial charge in [-0.25, -0.2) is 4.79 Å². The molecule has 1 aromatic rings. The highest BCUT2D eigenvalue weighted by atomic mass is 35.5. The lowest BCUT2D eigenvalue weighted by atomic mass is 9.91. The Morgan fingerprint density at radius 1 is 1.44 bits per heavy atom. The zero-order chi connectivity index (χ0) is 13.3. The van der Waals surface area contributed by atoms with Crippen LogP contribution in [0, 0.1) is 0 Å². The monoisotopic (exact) mass is 265 g/mol. The molecule has 0 heterocycles. The molecule has 4 heteroatoms. The van der Waals surface area contributed by atoms with E-state index in [1.165, 1.54) is 0 Å². The maximum atomic E-state index is 10.6. The first-order valence-electron chi connectivity index (χ1n) is 6.01. The van der Waals surface area contributed by atoms with Crippen molar-refractivity contribution >= 4 is 17.7 Å². The Kier molecular flexibility index (Phi) is 3.47. The number of hydrogen-bond acceptors (Lipinski definition) is 3. The minimum atomic E-state index is -0.392. The molecule has 2 rings (SSSR count). The fraction of sp³-hybridized carbons (Fsp3) is 0.500. The first-order chi connectivity index (χ1) is 8.54. The van der Waals surface area contributed by atoms with Gasteiger partial charge in [0.05, 0.1) is 17.7 Å². The molecule has 0 saturated heterocycles. The molecule has 1 aromatic carbocycles. The standard InChI is InChI=1S/C14H16ClNO2/c1-9(2)10-6-13(18-3)12(15)7-11(10)14(4-5-14)16-8-17/h6-7,9H,4-5H2,1-3H3. The Labute approximate surface area is 112 Å². The number of hydrogen-bond donors (Lipinski definition) is 0. The number of methoxy groups -OCH3 is 1. The molecule has 0 bridgehead atoms.